The molecule has 3 nitrogen and oxygen atoms in total. The van der Waals surface area contributed by atoms with Gasteiger partial charge in [-0.3, -0.25) is 4.98 Å². The summed E-state index contributed by atoms with van der Waals surface area (Å²) < 4.78 is 0. The highest BCUT2D eigenvalue weighted by Gasteiger charge is 2.18. The van der Waals surface area contributed by atoms with Crippen molar-refractivity contribution in [2.24, 2.45) is 0 Å². The van der Waals surface area contributed by atoms with Crippen LogP contribution >= 0.6 is 0 Å². The quantitative estimate of drug-likeness (QED) is 0.201. The largest absolute Gasteiger partial charge is 0.264 e. The van der Waals surface area contributed by atoms with E-state index in [2.05, 4.69) is 132 Å². The molecule has 2 aromatic heterocycles. The van der Waals surface area contributed by atoms with Crippen LogP contribution in [0.1, 0.15) is 0 Å². The highest BCUT2D eigenvalue weighted by atomic mass is 14.9. The highest BCUT2D eigenvalue weighted by Crippen LogP contribution is 2.40. The Morgan fingerprint density at radius 1 is 0.386 bits per heavy atom. The molecule has 0 saturated heterocycles. The molecule has 0 radical (unpaired) electrons. The molecule has 0 spiro atoms. The van der Waals surface area contributed by atoms with Crippen LogP contribution in [0.5, 0.6) is 0 Å². The van der Waals surface area contributed by atoms with Crippen molar-refractivity contribution >= 4 is 43.1 Å². The van der Waals surface area contributed by atoms with Crippen molar-refractivity contribution in [3.05, 3.63) is 152 Å². The zero-order valence-corrected chi connectivity index (χ0v) is 23.8. The minimum absolute atomic E-state index is 0.722. The average molecular weight is 560 g/mol. The van der Waals surface area contributed by atoms with Crippen LogP contribution in [0, 0.1) is 0 Å². The van der Waals surface area contributed by atoms with Gasteiger partial charge < -0.3 is 0 Å². The first kappa shape index (κ1) is 24.6. The summed E-state index contributed by atoms with van der Waals surface area (Å²) in [5.74, 6) is 0.722. The molecule has 7 aromatic carbocycles. The maximum atomic E-state index is 5.31. The fourth-order valence-corrected chi connectivity index (χ4v) is 6.69. The number of nitrogens with zero attached hydrogens (tertiary/aromatic N) is 3. The van der Waals surface area contributed by atoms with Crippen molar-refractivity contribution in [1.29, 1.82) is 0 Å². The molecule has 0 unspecified atom stereocenters. The van der Waals surface area contributed by atoms with Crippen molar-refractivity contribution in [1.82, 2.24) is 15.0 Å². The molecule has 9 rings (SSSR count). The minimum Gasteiger partial charge on any atom is -0.264 e. The average Bonchev–Trinajstić information content (AvgIpc) is 3.10. The van der Waals surface area contributed by atoms with E-state index in [1.54, 1.807) is 0 Å². The van der Waals surface area contributed by atoms with Gasteiger partial charge in [-0.25, -0.2) is 9.97 Å². The second-order valence-corrected chi connectivity index (χ2v) is 11.2. The van der Waals surface area contributed by atoms with Crippen LogP contribution in [-0.2, 0) is 0 Å². The fraction of sp³-hybridized carbons (Fsp3) is 0. The summed E-state index contributed by atoms with van der Waals surface area (Å²) in [6.45, 7) is 0. The molecular weight excluding hydrogens is 534 g/mol. The molecule has 0 atom stereocenters. The summed E-state index contributed by atoms with van der Waals surface area (Å²) in [4.78, 5) is 14.9. The van der Waals surface area contributed by atoms with E-state index in [9.17, 15) is 0 Å². The van der Waals surface area contributed by atoms with Gasteiger partial charge in [0, 0.05) is 34.6 Å². The Balaban J connectivity index is 1.32. The number of pyridine rings is 1. The van der Waals surface area contributed by atoms with Crippen LogP contribution in [-0.4, -0.2) is 15.0 Å². The Kier molecular flexibility index (Phi) is 5.50. The molecular formula is C41H25N3. The number of fused-ring (bicyclic) bond motifs is 1. The molecule has 0 aliphatic rings. The van der Waals surface area contributed by atoms with Gasteiger partial charge >= 0.3 is 0 Å². The first-order chi connectivity index (χ1) is 21.8. The lowest BCUT2D eigenvalue weighted by molar-refractivity contribution is 1.19. The zero-order chi connectivity index (χ0) is 29.0. The Bertz CT molecular complexity index is 2470. The van der Waals surface area contributed by atoms with Crippen molar-refractivity contribution < 1.29 is 0 Å². The Morgan fingerprint density at radius 2 is 1.02 bits per heavy atom. The normalized spacial score (nSPS) is 11.6. The van der Waals surface area contributed by atoms with Crippen LogP contribution in [0.25, 0.3) is 88.1 Å². The molecule has 2 heterocycles. The standard InChI is InChI=1S/C41H25N3/c1-2-8-26(9-3-1)37-24-38(34-22-21-31(30-12-7-23-42-25-30)32-13-4-5-14-33(32)34)44-41(43-37)36-20-18-29-16-15-27-10-6-11-28-17-19-35(36)40(29)39(27)28/h1-25H. The predicted octanol–water partition coefficient (Wildman–Crippen LogP) is 10.6. The molecule has 0 aliphatic carbocycles. The summed E-state index contributed by atoms with van der Waals surface area (Å²) in [5.41, 5.74) is 7.22. The van der Waals surface area contributed by atoms with Crippen LogP contribution in [0.4, 0.5) is 0 Å². The Labute approximate surface area is 254 Å². The molecule has 44 heavy (non-hydrogen) atoms. The van der Waals surface area contributed by atoms with Gasteiger partial charge in [0.1, 0.15) is 0 Å². The van der Waals surface area contributed by atoms with E-state index in [0.29, 0.717) is 0 Å². The molecule has 9 aromatic rings. The van der Waals surface area contributed by atoms with E-state index in [0.717, 1.165) is 50.4 Å². The first-order valence-electron chi connectivity index (χ1n) is 14.9. The van der Waals surface area contributed by atoms with Crippen molar-refractivity contribution in [2.75, 3.05) is 0 Å². The van der Waals surface area contributed by atoms with Gasteiger partial charge in [-0.05, 0) is 66.9 Å². The third-order valence-electron chi connectivity index (χ3n) is 8.74. The number of rotatable bonds is 4. The van der Waals surface area contributed by atoms with Gasteiger partial charge in [-0.1, -0.05) is 121 Å². The van der Waals surface area contributed by atoms with Gasteiger partial charge in [0.15, 0.2) is 5.82 Å². The number of hydrogen-bond acceptors (Lipinski definition) is 3. The van der Waals surface area contributed by atoms with Crippen LogP contribution < -0.4 is 0 Å². The number of benzene rings is 7. The molecule has 0 aliphatic heterocycles. The lowest BCUT2D eigenvalue weighted by Gasteiger charge is -2.16. The second-order valence-electron chi connectivity index (χ2n) is 11.2. The second kappa shape index (κ2) is 9.82. The van der Waals surface area contributed by atoms with Crippen LogP contribution in [0.3, 0.4) is 0 Å². The van der Waals surface area contributed by atoms with E-state index in [1.165, 1.54) is 37.7 Å². The molecule has 3 heteroatoms. The Morgan fingerprint density at radius 3 is 1.82 bits per heavy atom. The summed E-state index contributed by atoms with van der Waals surface area (Å²) in [6.07, 6.45) is 3.73. The van der Waals surface area contributed by atoms with Gasteiger partial charge in [0.2, 0.25) is 0 Å². The summed E-state index contributed by atoms with van der Waals surface area (Å²) in [6, 6.07) is 49.3. The van der Waals surface area contributed by atoms with E-state index < -0.39 is 0 Å². The van der Waals surface area contributed by atoms with Gasteiger partial charge in [-0.15, -0.1) is 0 Å². The van der Waals surface area contributed by atoms with E-state index in [4.69, 9.17) is 9.97 Å². The minimum atomic E-state index is 0.722. The van der Waals surface area contributed by atoms with Crippen molar-refractivity contribution in [2.45, 2.75) is 0 Å². The number of hydrogen-bond donors (Lipinski definition) is 0. The summed E-state index contributed by atoms with van der Waals surface area (Å²) >= 11 is 0. The lowest BCUT2D eigenvalue weighted by atomic mass is 9.91. The lowest BCUT2D eigenvalue weighted by Crippen LogP contribution is -1.98. The molecule has 0 fully saturated rings. The highest BCUT2D eigenvalue weighted by molar-refractivity contribution is 6.25. The third kappa shape index (κ3) is 3.87. The van der Waals surface area contributed by atoms with Gasteiger partial charge in [0.25, 0.3) is 0 Å². The topological polar surface area (TPSA) is 38.7 Å². The summed E-state index contributed by atoms with van der Waals surface area (Å²) in [5, 5.41) is 9.76. The maximum Gasteiger partial charge on any atom is 0.161 e. The molecule has 204 valence electrons. The maximum absolute atomic E-state index is 5.31. The van der Waals surface area contributed by atoms with Crippen LogP contribution in [0.15, 0.2) is 152 Å². The number of aromatic nitrogens is 3. The molecule has 0 saturated carbocycles. The third-order valence-corrected chi connectivity index (χ3v) is 8.74. The summed E-state index contributed by atoms with van der Waals surface area (Å²) in [7, 11) is 0. The molecule has 0 bridgehead atoms. The van der Waals surface area contributed by atoms with E-state index >= 15 is 0 Å². The van der Waals surface area contributed by atoms with Crippen molar-refractivity contribution in [3.63, 3.8) is 0 Å². The van der Waals surface area contributed by atoms with Gasteiger partial charge in [0.05, 0.1) is 11.4 Å². The predicted molar refractivity (Wildman–Crippen MR) is 183 cm³/mol. The van der Waals surface area contributed by atoms with Crippen molar-refractivity contribution in [3.8, 4) is 45.0 Å². The monoisotopic (exact) mass is 559 g/mol. The van der Waals surface area contributed by atoms with Gasteiger partial charge in [-0.2, -0.15) is 0 Å². The Hall–Kier alpha value is -5.93. The molecule has 0 N–H and O–H groups in total. The fourth-order valence-electron chi connectivity index (χ4n) is 6.69. The molecule has 0 amide bonds. The smallest absolute Gasteiger partial charge is 0.161 e. The van der Waals surface area contributed by atoms with E-state index in [-0.39, 0.29) is 0 Å². The van der Waals surface area contributed by atoms with Crippen LogP contribution in [0.2, 0.25) is 0 Å². The SMILES string of the molecule is c1ccc(-c2cc(-c3ccc(-c4cccnc4)c4ccccc34)nc(-c3ccc4ccc5cccc6ccc3c4c56)n2)cc1. The van der Waals surface area contributed by atoms with E-state index in [1.807, 2.05) is 24.5 Å². The zero-order valence-electron chi connectivity index (χ0n) is 23.8. The first-order valence-corrected chi connectivity index (χ1v) is 14.9.